The highest BCUT2D eigenvalue weighted by Crippen LogP contribution is 2.33. The van der Waals surface area contributed by atoms with E-state index in [2.05, 4.69) is 15.9 Å². The molecule has 1 aromatic carbocycles. The van der Waals surface area contributed by atoms with Crippen molar-refractivity contribution in [3.8, 4) is 0 Å². The molecule has 0 fully saturated rings. The summed E-state index contributed by atoms with van der Waals surface area (Å²) in [6, 6.07) is 2.46. The van der Waals surface area contributed by atoms with E-state index < -0.39 is 15.0 Å². The maximum Gasteiger partial charge on any atom is 0.338 e. The van der Waals surface area contributed by atoms with E-state index in [1.54, 1.807) is 6.92 Å². The molecule has 0 bridgehead atoms. The van der Waals surface area contributed by atoms with Crippen LogP contribution in [-0.4, -0.2) is 20.5 Å². The summed E-state index contributed by atoms with van der Waals surface area (Å²) in [5, 5.41) is 0.0656. The first-order chi connectivity index (χ1) is 9.04. The van der Waals surface area contributed by atoms with E-state index >= 15 is 0 Å². The maximum atomic E-state index is 12.0. The molecule has 0 radical (unpaired) electrons. The second-order valence-electron chi connectivity index (χ2n) is 4.56. The molecule has 0 saturated heterocycles. The van der Waals surface area contributed by atoms with Crippen molar-refractivity contribution in [2.45, 2.75) is 31.8 Å². The molecule has 0 aliphatic heterocycles. The zero-order valence-electron chi connectivity index (χ0n) is 11.0. The van der Waals surface area contributed by atoms with Crippen molar-refractivity contribution in [1.29, 1.82) is 0 Å². The van der Waals surface area contributed by atoms with Crippen molar-refractivity contribution in [3.05, 3.63) is 27.2 Å². The van der Waals surface area contributed by atoms with Crippen LogP contribution in [0.2, 0.25) is 5.02 Å². The van der Waals surface area contributed by atoms with Crippen molar-refractivity contribution in [3.63, 3.8) is 0 Å². The minimum absolute atomic E-state index is 0.0323. The molecule has 0 saturated carbocycles. The second-order valence-corrected chi connectivity index (χ2v) is 8.30. The average Bonchev–Trinajstić information content (AvgIpc) is 2.30. The summed E-state index contributed by atoms with van der Waals surface area (Å²) in [6.07, 6.45) is -0.305. The van der Waals surface area contributed by atoms with Gasteiger partial charge < -0.3 is 4.74 Å². The molecule has 1 rings (SSSR count). The maximum absolute atomic E-state index is 12.0. The van der Waals surface area contributed by atoms with Crippen molar-refractivity contribution >= 4 is 53.2 Å². The summed E-state index contributed by atoms with van der Waals surface area (Å²) in [5.41, 5.74) is 0.0323. The minimum Gasteiger partial charge on any atom is -0.459 e. The van der Waals surface area contributed by atoms with E-state index in [0.29, 0.717) is 0 Å². The molecule has 1 atom stereocenters. The molecule has 0 amide bonds. The second kappa shape index (κ2) is 6.64. The predicted octanol–water partition coefficient (Wildman–Crippen LogP) is 4.23. The van der Waals surface area contributed by atoms with Gasteiger partial charge in [-0.05, 0) is 40.9 Å². The lowest BCUT2D eigenvalue weighted by Gasteiger charge is -2.17. The van der Waals surface area contributed by atoms with Crippen molar-refractivity contribution in [2.75, 3.05) is 0 Å². The number of carbonyl (C=O) groups excluding carboxylic acids is 1. The van der Waals surface area contributed by atoms with Gasteiger partial charge >= 0.3 is 5.97 Å². The highest BCUT2D eigenvalue weighted by Gasteiger charge is 2.22. The summed E-state index contributed by atoms with van der Waals surface area (Å²) < 4.78 is 28.2. The first-order valence-electron chi connectivity index (χ1n) is 5.68. The van der Waals surface area contributed by atoms with Crippen LogP contribution in [0, 0.1) is 5.92 Å². The van der Waals surface area contributed by atoms with Crippen LogP contribution in [0.5, 0.6) is 0 Å². The van der Waals surface area contributed by atoms with Crippen LogP contribution in [0.25, 0.3) is 0 Å². The molecule has 0 spiro atoms. The molecule has 0 N–H and O–H groups in total. The predicted molar refractivity (Wildman–Crippen MR) is 81.9 cm³/mol. The van der Waals surface area contributed by atoms with Gasteiger partial charge in [-0.25, -0.2) is 13.2 Å². The fraction of sp³-hybridized carbons (Fsp3) is 0.417. The number of carbonyl (C=O) groups is 1. The third-order valence-electron chi connectivity index (χ3n) is 2.72. The number of halogens is 3. The van der Waals surface area contributed by atoms with Crippen LogP contribution in [0.15, 0.2) is 21.5 Å². The zero-order valence-corrected chi connectivity index (χ0v) is 14.9. The van der Waals surface area contributed by atoms with Crippen LogP contribution in [0.1, 0.15) is 31.1 Å². The van der Waals surface area contributed by atoms with Crippen LogP contribution in [-0.2, 0) is 13.8 Å². The van der Waals surface area contributed by atoms with E-state index in [1.807, 2.05) is 13.8 Å². The van der Waals surface area contributed by atoms with Gasteiger partial charge in [0.05, 0.1) is 20.0 Å². The Balaban J connectivity index is 3.21. The molecule has 8 heteroatoms. The lowest BCUT2D eigenvalue weighted by molar-refractivity contribution is 0.0237. The summed E-state index contributed by atoms with van der Waals surface area (Å²) in [5.74, 6) is -0.511. The standard InChI is InChI=1S/C12H13BrCl2O4S/c1-6(2)7(3)19-12(16)8-4-9(14)11(13)10(5-8)20(15,17)18/h4-7H,1-3H3. The molecule has 1 aromatic rings. The molecule has 1 unspecified atom stereocenters. The van der Waals surface area contributed by atoms with Gasteiger partial charge in [0, 0.05) is 10.7 Å². The van der Waals surface area contributed by atoms with Crippen molar-refractivity contribution in [1.82, 2.24) is 0 Å². The molecule has 0 aliphatic carbocycles. The molecular formula is C12H13BrCl2O4S. The van der Waals surface area contributed by atoms with Gasteiger partial charge in [0.15, 0.2) is 0 Å². The fourth-order valence-corrected chi connectivity index (χ4v) is 3.61. The number of hydrogen-bond acceptors (Lipinski definition) is 4. The lowest BCUT2D eigenvalue weighted by atomic mass is 10.1. The van der Waals surface area contributed by atoms with Gasteiger partial charge in [-0.3, -0.25) is 0 Å². The van der Waals surface area contributed by atoms with Gasteiger partial charge in [0.2, 0.25) is 0 Å². The van der Waals surface area contributed by atoms with Crippen LogP contribution >= 0.6 is 38.2 Å². The van der Waals surface area contributed by atoms with Gasteiger partial charge in [0.1, 0.15) is 6.10 Å². The molecule has 112 valence electrons. The average molecular weight is 404 g/mol. The monoisotopic (exact) mass is 402 g/mol. The number of esters is 1. The molecular weight excluding hydrogens is 391 g/mol. The Morgan fingerprint density at radius 2 is 1.85 bits per heavy atom. The highest BCUT2D eigenvalue weighted by atomic mass is 79.9. The normalized spacial score (nSPS) is 13.3. The highest BCUT2D eigenvalue weighted by molar-refractivity contribution is 9.10. The number of rotatable bonds is 4. The molecule has 20 heavy (non-hydrogen) atoms. The number of ether oxygens (including phenoxy) is 1. The third kappa shape index (κ3) is 4.35. The largest absolute Gasteiger partial charge is 0.459 e. The van der Waals surface area contributed by atoms with Crippen LogP contribution in [0.3, 0.4) is 0 Å². The van der Waals surface area contributed by atoms with Crippen molar-refractivity contribution < 1.29 is 17.9 Å². The minimum atomic E-state index is -4.02. The van der Waals surface area contributed by atoms with Gasteiger partial charge in [-0.15, -0.1) is 0 Å². The lowest BCUT2D eigenvalue weighted by Crippen LogP contribution is -2.20. The first-order valence-corrected chi connectivity index (χ1v) is 9.16. The van der Waals surface area contributed by atoms with E-state index in [-0.39, 0.29) is 32.0 Å². The Hall–Kier alpha value is -0.300. The molecule has 0 aromatic heterocycles. The molecule has 4 nitrogen and oxygen atoms in total. The Bertz CT molecular complexity index is 629. The number of benzene rings is 1. The quantitative estimate of drug-likeness (QED) is 0.557. The van der Waals surface area contributed by atoms with Crippen LogP contribution < -0.4 is 0 Å². The molecule has 0 aliphatic rings. The fourth-order valence-electron chi connectivity index (χ4n) is 1.23. The summed E-state index contributed by atoms with van der Waals surface area (Å²) in [4.78, 5) is 11.7. The summed E-state index contributed by atoms with van der Waals surface area (Å²) in [7, 11) is 1.28. The van der Waals surface area contributed by atoms with Gasteiger partial charge in [-0.1, -0.05) is 25.4 Å². The van der Waals surface area contributed by atoms with Crippen LogP contribution in [0.4, 0.5) is 0 Å². The summed E-state index contributed by atoms with van der Waals surface area (Å²) in [6.45, 7) is 5.56. The first kappa shape index (κ1) is 17.8. The Labute approximate surface area is 135 Å². The van der Waals surface area contributed by atoms with E-state index in [1.165, 1.54) is 6.07 Å². The van der Waals surface area contributed by atoms with Gasteiger partial charge in [-0.2, -0.15) is 0 Å². The Morgan fingerprint density at radius 1 is 1.30 bits per heavy atom. The summed E-state index contributed by atoms with van der Waals surface area (Å²) >= 11 is 8.92. The van der Waals surface area contributed by atoms with E-state index in [4.69, 9.17) is 27.0 Å². The van der Waals surface area contributed by atoms with E-state index in [0.717, 1.165) is 6.07 Å². The SMILES string of the molecule is CC(C)C(C)OC(=O)c1cc(Cl)c(Br)c(S(=O)(=O)Cl)c1. The zero-order chi connectivity index (χ0) is 15.7. The van der Waals surface area contributed by atoms with E-state index in [9.17, 15) is 13.2 Å². The Kier molecular flexibility index (Phi) is 5.89. The third-order valence-corrected chi connectivity index (χ3v) is 5.71. The smallest absolute Gasteiger partial charge is 0.338 e. The topological polar surface area (TPSA) is 60.4 Å². The number of hydrogen-bond donors (Lipinski definition) is 0. The molecule has 0 heterocycles. The van der Waals surface area contributed by atoms with Gasteiger partial charge in [0.25, 0.3) is 9.05 Å². The van der Waals surface area contributed by atoms with Crippen molar-refractivity contribution in [2.24, 2.45) is 5.92 Å². The Morgan fingerprint density at radius 3 is 2.30 bits per heavy atom.